The quantitative estimate of drug-likeness (QED) is 0.845. The molecule has 1 rings (SSSR count). The maximum absolute atomic E-state index is 13.3. The number of halogens is 2. The van der Waals surface area contributed by atoms with Crippen molar-refractivity contribution in [2.45, 2.75) is 25.9 Å². The topological polar surface area (TPSA) is 38.3 Å². The molecule has 0 aliphatic heterocycles. The lowest BCUT2D eigenvalue weighted by atomic mass is 10.1. The summed E-state index contributed by atoms with van der Waals surface area (Å²) in [5.41, 5.74) is 0.493. The molecular formula is C12H15ClFNO2. The van der Waals surface area contributed by atoms with Crippen LogP contribution in [0.15, 0.2) is 18.2 Å². The highest BCUT2D eigenvalue weighted by molar-refractivity contribution is 6.30. The summed E-state index contributed by atoms with van der Waals surface area (Å²) in [6.45, 7) is 3.78. The lowest BCUT2D eigenvalue weighted by Crippen LogP contribution is -2.34. The van der Waals surface area contributed by atoms with E-state index in [0.29, 0.717) is 5.56 Å². The van der Waals surface area contributed by atoms with Crippen molar-refractivity contribution in [3.05, 3.63) is 34.6 Å². The fraction of sp³-hybridized carbons (Fsp3) is 0.417. The molecule has 0 spiro atoms. The second-order valence-electron chi connectivity index (χ2n) is 3.95. The van der Waals surface area contributed by atoms with E-state index in [1.54, 1.807) is 6.07 Å². The predicted octanol–water partition coefficient (Wildman–Crippen LogP) is 2.69. The molecule has 1 aromatic rings. The third-order valence-corrected chi connectivity index (χ3v) is 2.52. The molecule has 1 N–H and O–H groups in total. The molecule has 0 saturated heterocycles. The van der Waals surface area contributed by atoms with Crippen LogP contribution in [0.2, 0.25) is 5.02 Å². The lowest BCUT2D eigenvalue weighted by molar-refractivity contribution is -0.143. The summed E-state index contributed by atoms with van der Waals surface area (Å²) in [7, 11) is 1.30. The first-order valence-corrected chi connectivity index (χ1v) is 5.62. The van der Waals surface area contributed by atoms with Crippen molar-refractivity contribution >= 4 is 17.6 Å². The van der Waals surface area contributed by atoms with Crippen molar-refractivity contribution in [3.8, 4) is 0 Å². The predicted molar refractivity (Wildman–Crippen MR) is 64.4 cm³/mol. The van der Waals surface area contributed by atoms with Gasteiger partial charge in [-0.05, 0) is 31.5 Å². The zero-order valence-electron chi connectivity index (χ0n) is 9.96. The van der Waals surface area contributed by atoms with E-state index in [1.165, 1.54) is 19.2 Å². The first-order chi connectivity index (χ1) is 7.95. The Hall–Kier alpha value is -1.13. The van der Waals surface area contributed by atoms with Crippen LogP contribution in [0.3, 0.4) is 0 Å². The molecule has 5 heteroatoms. The van der Waals surface area contributed by atoms with Crippen molar-refractivity contribution in [1.82, 2.24) is 5.32 Å². The van der Waals surface area contributed by atoms with Gasteiger partial charge in [0.15, 0.2) is 0 Å². The summed E-state index contributed by atoms with van der Waals surface area (Å²) in [4.78, 5) is 11.6. The highest BCUT2D eigenvalue weighted by Gasteiger charge is 2.22. The standard InChI is InChI=1S/C12H15ClFNO2/c1-7(2)15-11(12(16)17-3)8-4-5-9(13)10(14)6-8/h4-7,11,15H,1-3H3. The Morgan fingerprint density at radius 2 is 2.12 bits per heavy atom. The zero-order chi connectivity index (χ0) is 13.0. The number of benzene rings is 1. The number of carbonyl (C=O) groups excluding carboxylic acids is 1. The molecule has 3 nitrogen and oxygen atoms in total. The van der Waals surface area contributed by atoms with Gasteiger partial charge in [-0.1, -0.05) is 17.7 Å². The summed E-state index contributed by atoms with van der Waals surface area (Å²) in [5, 5.41) is 3.04. The normalized spacial score (nSPS) is 12.6. The first kappa shape index (κ1) is 13.9. The number of hydrogen-bond donors (Lipinski definition) is 1. The Morgan fingerprint density at radius 3 is 2.59 bits per heavy atom. The highest BCUT2D eigenvalue weighted by atomic mass is 35.5. The summed E-state index contributed by atoms with van der Waals surface area (Å²) >= 11 is 5.59. The van der Waals surface area contributed by atoms with Crippen molar-refractivity contribution in [2.75, 3.05) is 7.11 Å². The minimum absolute atomic E-state index is 0.0295. The van der Waals surface area contributed by atoms with Gasteiger partial charge in [0.1, 0.15) is 11.9 Å². The lowest BCUT2D eigenvalue weighted by Gasteiger charge is -2.19. The maximum Gasteiger partial charge on any atom is 0.327 e. The molecule has 0 amide bonds. The van der Waals surface area contributed by atoms with Crippen LogP contribution in [0.25, 0.3) is 0 Å². The summed E-state index contributed by atoms with van der Waals surface area (Å²) in [6.07, 6.45) is 0. The van der Waals surface area contributed by atoms with Crippen LogP contribution in [-0.2, 0) is 9.53 Å². The molecule has 17 heavy (non-hydrogen) atoms. The number of hydrogen-bond acceptors (Lipinski definition) is 3. The van der Waals surface area contributed by atoms with Gasteiger partial charge in [-0.3, -0.25) is 5.32 Å². The van der Waals surface area contributed by atoms with Crippen molar-refractivity contribution in [1.29, 1.82) is 0 Å². The van der Waals surface area contributed by atoms with Crippen molar-refractivity contribution in [2.24, 2.45) is 0 Å². The van der Waals surface area contributed by atoms with Gasteiger partial charge in [-0.25, -0.2) is 9.18 Å². The molecule has 0 radical (unpaired) electrons. The number of carbonyl (C=O) groups is 1. The molecule has 1 atom stereocenters. The molecule has 0 fully saturated rings. The van der Waals surface area contributed by atoms with Gasteiger partial charge in [-0.2, -0.15) is 0 Å². The first-order valence-electron chi connectivity index (χ1n) is 5.24. The second-order valence-corrected chi connectivity index (χ2v) is 4.36. The summed E-state index contributed by atoms with van der Waals surface area (Å²) in [6, 6.07) is 3.64. The number of methoxy groups -OCH3 is 1. The molecule has 0 saturated carbocycles. The number of nitrogens with one attached hydrogen (secondary N) is 1. The monoisotopic (exact) mass is 259 g/mol. The zero-order valence-corrected chi connectivity index (χ0v) is 10.7. The van der Waals surface area contributed by atoms with Gasteiger partial charge < -0.3 is 4.74 Å². The van der Waals surface area contributed by atoms with E-state index in [-0.39, 0.29) is 11.1 Å². The largest absolute Gasteiger partial charge is 0.468 e. The van der Waals surface area contributed by atoms with Crippen LogP contribution >= 0.6 is 11.6 Å². The Balaban J connectivity index is 3.03. The van der Waals surface area contributed by atoms with E-state index in [1.807, 2.05) is 13.8 Å². The number of esters is 1. The molecule has 94 valence electrons. The van der Waals surface area contributed by atoms with Crippen LogP contribution < -0.4 is 5.32 Å². The molecule has 0 aromatic heterocycles. The van der Waals surface area contributed by atoms with Gasteiger partial charge in [0.2, 0.25) is 0 Å². The average molecular weight is 260 g/mol. The molecule has 0 aliphatic rings. The Morgan fingerprint density at radius 1 is 1.47 bits per heavy atom. The third-order valence-electron chi connectivity index (χ3n) is 2.21. The van der Waals surface area contributed by atoms with Gasteiger partial charge in [0.05, 0.1) is 12.1 Å². The fourth-order valence-electron chi connectivity index (χ4n) is 1.44. The highest BCUT2D eigenvalue weighted by Crippen LogP contribution is 2.21. The van der Waals surface area contributed by atoms with E-state index in [2.05, 4.69) is 10.1 Å². The van der Waals surface area contributed by atoms with E-state index in [4.69, 9.17) is 11.6 Å². The van der Waals surface area contributed by atoms with Crippen molar-refractivity contribution < 1.29 is 13.9 Å². The van der Waals surface area contributed by atoms with E-state index in [9.17, 15) is 9.18 Å². The van der Waals surface area contributed by atoms with E-state index < -0.39 is 17.8 Å². The third kappa shape index (κ3) is 3.68. The maximum atomic E-state index is 13.3. The molecular weight excluding hydrogens is 245 g/mol. The van der Waals surface area contributed by atoms with E-state index in [0.717, 1.165) is 0 Å². The van der Waals surface area contributed by atoms with Gasteiger partial charge in [-0.15, -0.1) is 0 Å². The SMILES string of the molecule is COC(=O)C(NC(C)C)c1ccc(Cl)c(F)c1. The Kier molecular flexibility index (Phi) is 4.90. The Labute approximate surface area is 105 Å². The van der Waals surface area contributed by atoms with Crippen LogP contribution in [-0.4, -0.2) is 19.1 Å². The molecule has 0 bridgehead atoms. The van der Waals surface area contributed by atoms with Crippen molar-refractivity contribution in [3.63, 3.8) is 0 Å². The summed E-state index contributed by atoms with van der Waals surface area (Å²) in [5.74, 6) is -1.01. The van der Waals surface area contributed by atoms with Gasteiger partial charge in [0.25, 0.3) is 0 Å². The Bertz CT molecular complexity index is 409. The van der Waals surface area contributed by atoms with Gasteiger partial charge >= 0.3 is 5.97 Å². The number of ether oxygens (including phenoxy) is 1. The molecule has 1 unspecified atom stereocenters. The second kappa shape index (κ2) is 5.98. The minimum Gasteiger partial charge on any atom is -0.468 e. The average Bonchev–Trinajstić information content (AvgIpc) is 2.28. The number of rotatable bonds is 4. The van der Waals surface area contributed by atoms with Gasteiger partial charge in [0, 0.05) is 6.04 Å². The molecule has 1 aromatic carbocycles. The molecule has 0 heterocycles. The van der Waals surface area contributed by atoms with Crippen LogP contribution in [0.4, 0.5) is 4.39 Å². The molecule has 0 aliphatic carbocycles. The van der Waals surface area contributed by atoms with E-state index >= 15 is 0 Å². The summed E-state index contributed by atoms with van der Waals surface area (Å²) < 4.78 is 18.0. The fourth-order valence-corrected chi connectivity index (χ4v) is 1.56. The smallest absolute Gasteiger partial charge is 0.327 e. The van der Waals surface area contributed by atoms with Crippen LogP contribution in [0.5, 0.6) is 0 Å². The van der Waals surface area contributed by atoms with Crippen LogP contribution in [0.1, 0.15) is 25.5 Å². The minimum atomic E-state index is -0.688. The van der Waals surface area contributed by atoms with Crippen LogP contribution in [0, 0.1) is 5.82 Å².